The Bertz CT molecular complexity index is 1530. The molecule has 6 aromatic heterocycles. The summed E-state index contributed by atoms with van der Waals surface area (Å²) in [6.07, 6.45) is 17.9. The SMILES string of the molecule is CCCCCCCCc1ccc(-c2cc3c(s2)sc2c4cc(-c5ccc(CCCCCCCC)o5)sc4sc32)o1. The van der Waals surface area contributed by atoms with Gasteiger partial charge in [0.2, 0.25) is 0 Å². The smallest absolute Gasteiger partial charge is 0.144 e. The number of fused-ring (bicyclic) bond motifs is 5. The standard InChI is InChI=1S/C34H40O2S4/c1-3-5-7-9-11-13-15-23-17-19-27(35-23)29-21-25-31-32(39-33(25)37-29)26-22-30(38-34(26)40-31)28-20-18-24(36-28)16-14-12-10-8-6-4-2/h17-22H,3-16H2,1-2H3. The van der Waals surface area contributed by atoms with Gasteiger partial charge in [-0.3, -0.25) is 0 Å². The van der Waals surface area contributed by atoms with E-state index in [1.54, 1.807) is 0 Å². The third kappa shape index (κ3) is 6.30. The Kier molecular flexibility index (Phi) is 9.48. The Morgan fingerprint density at radius 1 is 0.500 bits per heavy atom. The number of thiophene rings is 4. The number of rotatable bonds is 16. The van der Waals surface area contributed by atoms with Crippen LogP contribution >= 0.6 is 45.3 Å². The summed E-state index contributed by atoms with van der Waals surface area (Å²) in [5.74, 6) is 4.31. The first kappa shape index (κ1) is 28.3. The molecule has 6 rings (SSSR count). The van der Waals surface area contributed by atoms with Gasteiger partial charge in [-0.1, -0.05) is 78.1 Å². The molecule has 0 fully saturated rings. The average molecular weight is 609 g/mol. The van der Waals surface area contributed by atoms with Crippen molar-refractivity contribution in [2.45, 2.75) is 104 Å². The molecular weight excluding hydrogens is 569 g/mol. The fraction of sp³-hybridized carbons (Fsp3) is 0.471. The summed E-state index contributed by atoms with van der Waals surface area (Å²) in [6.45, 7) is 4.55. The van der Waals surface area contributed by atoms with E-state index in [9.17, 15) is 0 Å². The zero-order valence-corrected chi connectivity index (χ0v) is 27.1. The van der Waals surface area contributed by atoms with Gasteiger partial charge in [0.25, 0.3) is 0 Å². The van der Waals surface area contributed by atoms with Crippen molar-refractivity contribution in [3.8, 4) is 21.3 Å². The Morgan fingerprint density at radius 3 is 1.38 bits per heavy atom. The zero-order chi connectivity index (χ0) is 27.3. The average Bonchev–Trinajstić information content (AvgIpc) is 3.78. The van der Waals surface area contributed by atoms with E-state index in [1.807, 2.05) is 45.3 Å². The van der Waals surface area contributed by atoms with Crippen LogP contribution < -0.4 is 0 Å². The first-order chi connectivity index (χ1) is 19.7. The molecule has 0 aromatic carbocycles. The first-order valence-electron chi connectivity index (χ1n) is 15.3. The summed E-state index contributed by atoms with van der Waals surface area (Å²) in [7, 11) is 0. The molecule has 212 valence electrons. The van der Waals surface area contributed by atoms with E-state index >= 15 is 0 Å². The summed E-state index contributed by atoms with van der Waals surface area (Å²) in [5, 5.41) is 2.78. The van der Waals surface area contributed by atoms with Gasteiger partial charge in [-0.2, -0.15) is 0 Å². The first-order valence-corrected chi connectivity index (χ1v) is 18.6. The molecule has 0 aliphatic carbocycles. The van der Waals surface area contributed by atoms with Crippen molar-refractivity contribution in [2.24, 2.45) is 0 Å². The summed E-state index contributed by atoms with van der Waals surface area (Å²) >= 11 is 7.63. The van der Waals surface area contributed by atoms with Crippen molar-refractivity contribution in [2.75, 3.05) is 0 Å². The highest BCUT2D eigenvalue weighted by atomic mass is 32.2. The highest BCUT2D eigenvalue weighted by molar-refractivity contribution is 7.50. The second kappa shape index (κ2) is 13.4. The molecule has 6 heteroatoms. The van der Waals surface area contributed by atoms with Crippen molar-refractivity contribution in [3.63, 3.8) is 0 Å². The summed E-state index contributed by atoms with van der Waals surface area (Å²) < 4.78 is 18.2. The molecule has 0 spiro atoms. The summed E-state index contributed by atoms with van der Waals surface area (Å²) in [5.41, 5.74) is 0. The normalized spacial score (nSPS) is 12.2. The maximum absolute atomic E-state index is 6.28. The Morgan fingerprint density at radius 2 is 0.925 bits per heavy atom. The maximum Gasteiger partial charge on any atom is 0.144 e. The van der Waals surface area contributed by atoms with Gasteiger partial charge in [0, 0.05) is 23.6 Å². The van der Waals surface area contributed by atoms with E-state index in [4.69, 9.17) is 8.83 Å². The van der Waals surface area contributed by atoms with Crippen LogP contribution in [0.4, 0.5) is 0 Å². The van der Waals surface area contributed by atoms with E-state index < -0.39 is 0 Å². The second-order valence-electron chi connectivity index (χ2n) is 11.1. The Labute approximate surface area is 254 Å². The minimum absolute atomic E-state index is 1.03. The van der Waals surface area contributed by atoms with Crippen molar-refractivity contribution in [3.05, 3.63) is 47.9 Å². The lowest BCUT2D eigenvalue weighted by Gasteiger charge is -1.99. The quantitative estimate of drug-likeness (QED) is 0.102. The fourth-order valence-electron chi connectivity index (χ4n) is 5.54. The van der Waals surface area contributed by atoms with Crippen LogP contribution in [0.1, 0.15) is 102 Å². The maximum atomic E-state index is 6.28. The van der Waals surface area contributed by atoms with Crippen LogP contribution in [-0.4, -0.2) is 0 Å². The van der Waals surface area contributed by atoms with Crippen LogP contribution in [0.25, 0.3) is 49.5 Å². The number of hydrogen-bond donors (Lipinski definition) is 0. The highest BCUT2D eigenvalue weighted by Crippen LogP contribution is 2.52. The van der Waals surface area contributed by atoms with Crippen LogP contribution in [0.15, 0.2) is 45.2 Å². The second-order valence-corrected chi connectivity index (χ2v) is 15.7. The van der Waals surface area contributed by atoms with Gasteiger partial charge in [-0.25, -0.2) is 0 Å². The minimum atomic E-state index is 1.03. The number of unbranched alkanes of at least 4 members (excludes halogenated alkanes) is 10. The van der Waals surface area contributed by atoms with Gasteiger partial charge in [-0.05, 0) is 49.2 Å². The van der Waals surface area contributed by atoms with E-state index in [2.05, 4.69) is 50.2 Å². The molecule has 0 bridgehead atoms. The molecular formula is C34H40O2S4. The fourth-order valence-corrected chi connectivity index (χ4v) is 11.0. The molecule has 6 heterocycles. The van der Waals surface area contributed by atoms with Crippen molar-refractivity contribution < 1.29 is 8.83 Å². The van der Waals surface area contributed by atoms with Gasteiger partial charge >= 0.3 is 0 Å². The van der Waals surface area contributed by atoms with Crippen LogP contribution in [0.2, 0.25) is 0 Å². The van der Waals surface area contributed by atoms with E-state index in [0.29, 0.717) is 0 Å². The Balaban J connectivity index is 1.11. The van der Waals surface area contributed by atoms with Crippen LogP contribution in [0.3, 0.4) is 0 Å². The van der Waals surface area contributed by atoms with Gasteiger partial charge < -0.3 is 8.83 Å². The lowest BCUT2D eigenvalue weighted by atomic mass is 10.1. The van der Waals surface area contributed by atoms with Gasteiger partial charge in [-0.15, -0.1) is 45.3 Å². The lowest BCUT2D eigenvalue weighted by Crippen LogP contribution is -1.83. The molecule has 0 radical (unpaired) electrons. The molecule has 0 aliphatic rings. The molecule has 0 saturated heterocycles. The third-order valence-electron chi connectivity index (χ3n) is 7.84. The Hall–Kier alpha value is -1.86. The molecule has 0 unspecified atom stereocenters. The molecule has 0 N–H and O–H groups in total. The van der Waals surface area contributed by atoms with E-state index in [-0.39, 0.29) is 0 Å². The molecule has 6 aromatic rings. The third-order valence-corrected chi connectivity index (χ3v) is 12.9. The molecule has 0 aliphatic heterocycles. The summed E-state index contributed by atoms with van der Waals surface area (Å²) in [6, 6.07) is 13.4. The molecule has 0 saturated carbocycles. The van der Waals surface area contributed by atoms with E-state index in [0.717, 1.165) is 35.9 Å². The van der Waals surface area contributed by atoms with Gasteiger partial charge in [0.15, 0.2) is 0 Å². The van der Waals surface area contributed by atoms with Gasteiger partial charge in [0.05, 0.1) is 27.2 Å². The number of furan rings is 2. The van der Waals surface area contributed by atoms with Crippen molar-refractivity contribution in [1.82, 2.24) is 0 Å². The van der Waals surface area contributed by atoms with Crippen LogP contribution in [-0.2, 0) is 12.8 Å². The van der Waals surface area contributed by atoms with Crippen LogP contribution in [0.5, 0.6) is 0 Å². The van der Waals surface area contributed by atoms with Crippen molar-refractivity contribution in [1.29, 1.82) is 0 Å². The minimum Gasteiger partial charge on any atom is -0.460 e. The molecule has 2 nitrogen and oxygen atoms in total. The van der Waals surface area contributed by atoms with Gasteiger partial charge in [0.1, 0.15) is 23.0 Å². The number of aryl methyl sites for hydroxylation is 2. The van der Waals surface area contributed by atoms with E-state index in [1.165, 1.54) is 115 Å². The predicted molar refractivity (Wildman–Crippen MR) is 180 cm³/mol. The monoisotopic (exact) mass is 608 g/mol. The predicted octanol–water partition coefficient (Wildman–Crippen LogP) is 13.7. The molecule has 0 atom stereocenters. The number of hydrogen-bond acceptors (Lipinski definition) is 6. The molecule has 40 heavy (non-hydrogen) atoms. The zero-order valence-electron chi connectivity index (χ0n) is 23.8. The lowest BCUT2D eigenvalue weighted by molar-refractivity contribution is 0.502. The van der Waals surface area contributed by atoms with Crippen molar-refractivity contribution >= 4 is 73.5 Å². The summed E-state index contributed by atoms with van der Waals surface area (Å²) in [4.78, 5) is 2.51. The largest absolute Gasteiger partial charge is 0.460 e. The highest BCUT2D eigenvalue weighted by Gasteiger charge is 2.19. The topological polar surface area (TPSA) is 26.3 Å². The molecule has 0 amide bonds. The van der Waals surface area contributed by atoms with Crippen LogP contribution in [0, 0.1) is 0 Å².